The number of hydrogen-bond acceptors (Lipinski definition) is 6. The van der Waals surface area contributed by atoms with Crippen LogP contribution in [-0.4, -0.2) is 65.0 Å². The topological polar surface area (TPSA) is 136 Å². The van der Waals surface area contributed by atoms with Crippen LogP contribution in [0.1, 0.15) is 0 Å². The van der Waals surface area contributed by atoms with E-state index in [1.165, 1.54) is 0 Å². The van der Waals surface area contributed by atoms with Crippen LogP contribution in [0.15, 0.2) is 12.7 Å². The molecule has 0 atom stereocenters. The van der Waals surface area contributed by atoms with Gasteiger partial charge in [0.25, 0.3) is 0 Å². The highest BCUT2D eigenvalue weighted by atomic mass is 35.5. The molecule has 2 aliphatic heterocycles. The number of sulfonamides is 2. The molecule has 2 saturated heterocycles. The first-order valence-electron chi connectivity index (χ1n) is 5.71. The van der Waals surface area contributed by atoms with E-state index in [0.717, 1.165) is 6.54 Å². The third-order valence-electron chi connectivity index (χ3n) is 2.98. The van der Waals surface area contributed by atoms with Crippen LogP contribution in [0.25, 0.3) is 0 Å². The Bertz CT molecular complexity index is 512. The molecule has 0 unspecified atom stereocenters. The maximum absolute atomic E-state index is 10.7. The van der Waals surface area contributed by atoms with E-state index in [0.29, 0.717) is 26.2 Å². The van der Waals surface area contributed by atoms with Crippen LogP contribution in [-0.2, 0) is 20.0 Å². The second-order valence-corrected chi connectivity index (χ2v) is 8.28. The van der Waals surface area contributed by atoms with Gasteiger partial charge in [0.15, 0.2) is 0 Å². The molecule has 0 bridgehead atoms. The summed E-state index contributed by atoms with van der Waals surface area (Å²) in [6, 6.07) is 0. The maximum atomic E-state index is 10.7. The fourth-order valence-corrected chi connectivity index (χ4v) is 3.09. The lowest BCUT2D eigenvalue weighted by Crippen LogP contribution is -2.56. The van der Waals surface area contributed by atoms with Gasteiger partial charge in [0.2, 0.25) is 20.0 Å². The van der Waals surface area contributed by atoms with E-state index in [-0.39, 0.29) is 22.9 Å². The van der Waals surface area contributed by atoms with Crippen molar-refractivity contribution < 1.29 is 16.8 Å². The minimum Gasteiger partial charge on any atom is -0.314 e. The zero-order valence-corrected chi connectivity index (χ0v) is 13.4. The Balaban J connectivity index is 0.000000359. The number of halogens is 1. The summed E-state index contributed by atoms with van der Waals surface area (Å²) in [5, 5.41) is 11.8. The molecule has 2 fully saturated rings. The van der Waals surface area contributed by atoms with Gasteiger partial charge in [-0.1, -0.05) is 6.08 Å². The molecule has 0 aromatic heterocycles. The molecule has 11 heteroatoms. The summed E-state index contributed by atoms with van der Waals surface area (Å²) in [5.41, 5.74) is 0. The Kier molecular flexibility index (Phi) is 7.60. The Morgan fingerprint density at radius 2 is 1.55 bits per heavy atom. The molecule has 0 amide bonds. The highest BCUT2D eigenvalue weighted by molar-refractivity contribution is 7.90. The first-order chi connectivity index (χ1) is 8.64. The van der Waals surface area contributed by atoms with E-state index >= 15 is 0 Å². The number of hydrogen-bond donors (Lipinski definition) is 3. The molecule has 0 aromatic carbocycles. The van der Waals surface area contributed by atoms with Crippen LogP contribution >= 0.6 is 12.4 Å². The van der Waals surface area contributed by atoms with Crippen molar-refractivity contribution >= 4 is 32.5 Å². The fourth-order valence-electron chi connectivity index (χ4n) is 1.56. The summed E-state index contributed by atoms with van der Waals surface area (Å²) < 4.78 is 42.1. The monoisotopic (exact) mass is 348 g/mol. The smallest absolute Gasteiger partial charge is 0.214 e. The zero-order chi connectivity index (χ0) is 14.7. The first kappa shape index (κ1) is 19.8. The van der Waals surface area contributed by atoms with Gasteiger partial charge in [-0.2, -0.15) is 0 Å². The number of nitrogens with zero attached hydrogens (tertiary/aromatic N) is 1. The molecule has 8 nitrogen and oxygen atoms in total. The van der Waals surface area contributed by atoms with Gasteiger partial charge in [0, 0.05) is 32.7 Å². The van der Waals surface area contributed by atoms with Gasteiger partial charge in [-0.25, -0.2) is 27.1 Å². The minimum absolute atomic E-state index is 0. The number of nitrogens with one attached hydrogen (secondary N) is 1. The highest BCUT2D eigenvalue weighted by Crippen LogP contribution is 2.12. The Labute approximate surface area is 126 Å². The van der Waals surface area contributed by atoms with E-state index in [2.05, 4.69) is 11.9 Å². The van der Waals surface area contributed by atoms with E-state index < -0.39 is 20.0 Å². The van der Waals surface area contributed by atoms with Crippen LogP contribution in [0.5, 0.6) is 0 Å². The lowest BCUT2D eigenvalue weighted by molar-refractivity contribution is 0.206. The SMILES string of the molecule is C=CCN1CC(S(N)(=O)=O)C1.Cl.NS(=O)(=O)C1CNC1. The van der Waals surface area contributed by atoms with Gasteiger partial charge in [-0.3, -0.25) is 4.90 Å². The summed E-state index contributed by atoms with van der Waals surface area (Å²) in [6.07, 6.45) is 1.75. The van der Waals surface area contributed by atoms with Crippen molar-refractivity contribution in [2.24, 2.45) is 10.3 Å². The largest absolute Gasteiger partial charge is 0.314 e. The lowest BCUT2D eigenvalue weighted by atomic mass is 10.2. The molecular formula is C9H21ClN4O4S2. The van der Waals surface area contributed by atoms with E-state index in [9.17, 15) is 16.8 Å². The van der Waals surface area contributed by atoms with Crippen LogP contribution in [0.2, 0.25) is 0 Å². The summed E-state index contributed by atoms with van der Waals surface area (Å²) in [6.45, 7) is 6.41. The molecule has 0 spiro atoms. The molecule has 2 heterocycles. The van der Waals surface area contributed by atoms with Crippen LogP contribution < -0.4 is 15.6 Å². The minimum atomic E-state index is -3.29. The first-order valence-corrected chi connectivity index (χ1v) is 8.93. The molecule has 0 radical (unpaired) electrons. The van der Waals surface area contributed by atoms with Crippen LogP contribution in [0.3, 0.4) is 0 Å². The normalized spacial score (nSPS) is 20.7. The second-order valence-electron chi connectivity index (χ2n) is 4.59. The number of likely N-dealkylation sites (tertiary alicyclic amines) is 1. The van der Waals surface area contributed by atoms with Gasteiger partial charge in [0.1, 0.15) is 5.25 Å². The quantitative estimate of drug-likeness (QED) is 0.494. The summed E-state index contributed by atoms with van der Waals surface area (Å²) >= 11 is 0. The molecule has 0 aromatic rings. The highest BCUT2D eigenvalue weighted by Gasteiger charge is 2.33. The Morgan fingerprint density at radius 1 is 1.10 bits per heavy atom. The lowest BCUT2D eigenvalue weighted by Gasteiger charge is -2.36. The molecule has 2 aliphatic rings. The van der Waals surface area contributed by atoms with Gasteiger partial charge in [-0.05, 0) is 0 Å². The second kappa shape index (κ2) is 7.69. The van der Waals surface area contributed by atoms with Crippen molar-refractivity contribution in [2.45, 2.75) is 10.5 Å². The van der Waals surface area contributed by atoms with Crippen molar-refractivity contribution in [3.8, 4) is 0 Å². The van der Waals surface area contributed by atoms with Crippen molar-refractivity contribution in [3.63, 3.8) is 0 Å². The van der Waals surface area contributed by atoms with E-state index in [1.54, 1.807) is 6.08 Å². The van der Waals surface area contributed by atoms with Gasteiger partial charge >= 0.3 is 0 Å². The number of rotatable bonds is 4. The molecular weight excluding hydrogens is 328 g/mol. The fraction of sp³-hybridized carbons (Fsp3) is 0.778. The summed E-state index contributed by atoms with van der Waals surface area (Å²) in [5.74, 6) is 0. The number of primary sulfonamides is 2. The number of nitrogens with two attached hydrogens (primary N) is 2. The van der Waals surface area contributed by atoms with Crippen molar-refractivity contribution in [1.29, 1.82) is 0 Å². The Morgan fingerprint density at radius 3 is 1.75 bits per heavy atom. The molecule has 0 aliphatic carbocycles. The summed E-state index contributed by atoms with van der Waals surface area (Å²) in [4.78, 5) is 1.97. The predicted octanol–water partition coefficient (Wildman–Crippen LogP) is -2.19. The van der Waals surface area contributed by atoms with E-state index in [1.807, 2.05) is 4.90 Å². The van der Waals surface area contributed by atoms with Crippen LogP contribution in [0, 0.1) is 0 Å². The molecule has 120 valence electrons. The third-order valence-corrected chi connectivity index (χ3v) is 5.47. The molecule has 2 rings (SSSR count). The van der Waals surface area contributed by atoms with Crippen molar-refractivity contribution in [2.75, 3.05) is 32.7 Å². The third kappa shape index (κ3) is 6.04. The average Bonchev–Trinajstić information content (AvgIpc) is 2.03. The predicted molar refractivity (Wildman–Crippen MR) is 80.5 cm³/mol. The summed E-state index contributed by atoms with van der Waals surface area (Å²) in [7, 11) is -6.52. The van der Waals surface area contributed by atoms with Crippen molar-refractivity contribution in [1.82, 2.24) is 10.2 Å². The standard InChI is InChI=1S/C6H12N2O2S.C3H8N2O2S.ClH/c1-2-3-8-4-6(5-8)11(7,9)10;4-8(6,7)3-1-5-2-3;/h2,6H,1,3-5H2,(H2,7,9,10);3,5H,1-2H2,(H2,4,6,7);1H. The Hall–Kier alpha value is -0.230. The van der Waals surface area contributed by atoms with Crippen molar-refractivity contribution in [3.05, 3.63) is 12.7 Å². The van der Waals surface area contributed by atoms with Crippen LogP contribution in [0.4, 0.5) is 0 Å². The average molecular weight is 349 g/mol. The van der Waals surface area contributed by atoms with Gasteiger partial charge in [-0.15, -0.1) is 19.0 Å². The maximum Gasteiger partial charge on any atom is 0.214 e. The molecule has 20 heavy (non-hydrogen) atoms. The molecule has 5 N–H and O–H groups in total. The van der Waals surface area contributed by atoms with Gasteiger partial charge < -0.3 is 5.32 Å². The van der Waals surface area contributed by atoms with Gasteiger partial charge in [0.05, 0.1) is 5.25 Å². The van der Waals surface area contributed by atoms with E-state index in [4.69, 9.17) is 10.3 Å². The zero-order valence-electron chi connectivity index (χ0n) is 10.9. The molecule has 0 saturated carbocycles.